The Balaban J connectivity index is 1.62. The van der Waals surface area contributed by atoms with Gasteiger partial charge in [-0.25, -0.2) is 0 Å². The van der Waals surface area contributed by atoms with Crippen LogP contribution in [0.15, 0.2) is 77.2 Å². The molecule has 0 aliphatic carbocycles. The van der Waals surface area contributed by atoms with Gasteiger partial charge >= 0.3 is 0 Å². The SMILES string of the molecule is O=C(CNc1c(C(=O)c2ccc(Cl)cc2)oc2ccccc12)c1ccc([N+](=O)[O-])cc1. The van der Waals surface area contributed by atoms with Gasteiger partial charge in [0.25, 0.3) is 5.69 Å². The molecule has 31 heavy (non-hydrogen) atoms. The largest absolute Gasteiger partial charge is 0.450 e. The van der Waals surface area contributed by atoms with Crippen molar-refractivity contribution in [1.82, 2.24) is 0 Å². The number of carbonyl (C=O) groups excluding carboxylic acids is 2. The number of nitrogens with zero attached hydrogens (tertiary/aromatic N) is 1. The van der Waals surface area contributed by atoms with Crippen LogP contribution in [-0.2, 0) is 0 Å². The Morgan fingerprint density at radius 2 is 1.58 bits per heavy atom. The zero-order chi connectivity index (χ0) is 22.0. The van der Waals surface area contributed by atoms with Crippen molar-refractivity contribution < 1.29 is 18.9 Å². The highest BCUT2D eigenvalue weighted by molar-refractivity contribution is 6.30. The summed E-state index contributed by atoms with van der Waals surface area (Å²) < 4.78 is 5.79. The van der Waals surface area contributed by atoms with Crippen molar-refractivity contribution >= 4 is 45.5 Å². The summed E-state index contributed by atoms with van der Waals surface area (Å²) in [6, 6.07) is 18.9. The number of furan rings is 1. The van der Waals surface area contributed by atoms with E-state index in [1.54, 1.807) is 48.5 Å². The highest BCUT2D eigenvalue weighted by Gasteiger charge is 2.22. The minimum atomic E-state index is -0.529. The molecular weight excluding hydrogens is 420 g/mol. The molecule has 3 aromatic carbocycles. The summed E-state index contributed by atoms with van der Waals surface area (Å²) in [6.07, 6.45) is 0. The Morgan fingerprint density at radius 1 is 0.935 bits per heavy atom. The number of hydrogen-bond acceptors (Lipinski definition) is 6. The first-order chi connectivity index (χ1) is 14.9. The number of nitro benzene ring substituents is 1. The number of carbonyl (C=O) groups is 2. The zero-order valence-electron chi connectivity index (χ0n) is 16.0. The standard InChI is InChI=1S/C23H15ClN2O5/c24-16-9-5-15(6-10-16)22(28)23-21(18-3-1-2-4-20(18)31-23)25-13-19(27)14-7-11-17(12-8-14)26(29)30/h1-12,25H,13H2. The molecule has 0 aliphatic rings. The van der Waals surface area contributed by atoms with Crippen LogP contribution in [-0.4, -0.2) is 23.0 Å². The summed E-state index contributed by atoms with van der Waals surface area (Å²) in [7, 11) is 0. The van der Waals surface area contributed by atoms with E-state index in [-0.39, 0.29) is 29.6 Å². The second-order valence-corrected chi connectivity index (χ2v) is 7.16. The minimum absolute atomic E-state index is 0.0834. The lowest BCUT2D eigenvalue weighted by Crippen LogP contribution is -2.15. The third kappa shape index (κ3) is 4.17. The average molecular weight is 435 g/mol. The number of rotatable bonds is 7. The first-order valence-electron chi connectivity index (χ1n) is 9.27. The third-order valence-electron chi connectivity index (χ3n) is 4.73. The van der Waals surface area contributed by atoms with Crippen LogP contribution in [0.25, 0.3) is 11.0 Å². The molecule has 0 amide bonds. The highest BCUT2D eigenvalue weighted by atomic mass is 35.5. The van der Waals surface area contributed by atoms with E-state index in [0.717, 1.165) is 0 Å². The van der Waals surface area contributed by atoms with E-state index < -0.39 is 4.92 Å². The number of hydrogen-bond donors (Lipinski definition) is 1. The molecule has 0 bridgehead atoms. The van der Waals surface area contributed by atoms with E-state index in [9.17, 15) is 19.7 Å². The molecule has 0 radical (unpaired) electrons. The van der Waals surface area contributed by atoms with Crippen molar-refractivity contribution in [2.45, 2.75) is 0 Å². The van der Waals surface area contributed by atoms with Gasteiger partial charge < -0.3 is 9.73 Å². The summed E-state index contributed by atoms with van der Waals surface area (Å²) >= 11 is 5.91. The first-order valence-corrected chi connectivity index (χ1v) is 9.65. The number of halogens is 1. The lowest BCUT2D eigenvalue weighted by atomic mass is 10.1. The molecule has 0 saturated heterocycles. The van der Waals surface area contributed by atoms with Crippen LogP contribution in [0.2, 0.25) is 5.02 Å². The van der Waals surface area contributed by atoms with Crippen molar-refractivity contribution in [1.29, 1.82) is 0 Å². The smallest absolute Gasteiger partial charge is 0.269 e. The van der Waals surface area contributed by atoms with Gasteiger partial charge in [0, 0.05) is 33.7 Å². The quantitative estimate of drug-likeness (QED) is 0.233. The molecule has 1 N–H and O–H groups in total. The van der Waals surface area contributed by atoms with Gasteiger partial charge in [-0.15, -0.1) is 0 Å². The molecule has 4 aromatic rings. The molecule has 7 nitrogen and oxygen atoms in total. The van der Waals surface area contributed by atoms with Gasteiger partial charge in [-0.05, 0) is 48.5 Å². The molecule has 154 valence electrons. The van der Waals surface area contributed by atoms with Crippen molar-refractivity contribution in [2.75, 3.05) is 11.9 Å². The van der Waals surface area contributed by atoms with Crippen LogP contribution in [0.4, 0.5) is 11.4 Å². The van der Waals surface area contributed by atoms with E-state index >= 15 is 0 Å². The normalized spacial score (nSPS) is 10.7. The van der Waals surface area contributed by atoms with Gasteiger partial charge in [0.2, 0.25) is 5.78 Å². The van der Waals surface area contributed by atoms with Gasteiger partial charge in [-0.2, -0.15) is 0 Å². The van der Waals surface area contributed by atoms with Gasteiger partial charge in [0.15, 0.2) is 11.5 Å². The number of Topliss-reactive ketones (excluding diaryl/α,β-unsaturated/α-hetero) is 1. The number of fused-ring (bicyclic) bond motifs is 1. The van der Waals surface area contributed by atoms with Crippen LogP contribution in [0.5, 0.6) is 0 Å². The second kappa shape index (κ2) is 8.41. The zero-order valence-corrected chi connectivity index (χ0v) is 16.8. The number of para-hydroxylation sites is 1. The third-order valence-corrected chi connectivity index (χ3v) is 4.99. The van der Waals surface area contributed by atoms with E-state index in [4.69, 9.17) is 16.0 Å². The van der Waals surface area contributed by atoms with E-state index in [0.29, 0.717) is 32.8 Å². The monoisotopic (exact) mass is 434 g/mol. The fraction of sp³-hybridized carbons (Fsp3) is 0.0435. The van der Waals surface area contributed by atoms with Crippen molar-refractivity contribution in [2.24, 2.45) is 0 Å². The van der Waals surface area contributed by atoms with Crippen molar-refractivity contribution in [3.05, 3.63) is 105 Å². The predicted molar refractivity (Wildman–Crippen MR) is 117 cm³/mol. The summed E-state index contributed by atoms with van der Waals surface area (Å²) in [5, 5.41) is 15.0. The van der Waals surface area contributed by atoms with Crippen LogP contribution >= 0.6 is 11.6 Å². The Bertz CT molecular complexity index is 1290. The lowest BCUT2D eigenvalue weighted by molar-refractivity contribution is -0.384. The molecule has 0 atom stereocenters. The topological polar surface area (TPSA) is 102 Å². The van der Waals surface area contributed by atoms with Gasteiger partial charge in [-0.3, -0.25) is 19.7 Å². The van der Waals surface area contributed by atoms with E-state index in [1.165, 1.54) is 24.3 Å². The number of nitro groups is 1. The molecule has 0 fully saturated rings. The summed E-state index contributed by atoms with van der Waals surface area (Å²) in [5.41, 5.74) is 1.53. The average Bonchev–Trinajstić information content (AvgIpc) is 3.16. The van der Waals surface area contributed by atoms with Gasteiger partial charge in [-0.1, -0.05) is 23.7 Å². The predicted octanol–water partition coefficient (Wildman–Crippen LogP) is 5.52. The number of anilines is 1. The fourth-order valence-corrected chi connectivity index (χ4v) is 3.28. The molecular formula is C23H15ClN2O5. The summed E-state index contributed by atoms with van der Waals surface area (Å²) in [6.45, 7) is -0.123. The molecule has 0 unspecified atom stereocenters. The van der Waals surface area contributed by atoms with Gasteiger partial charge in [0.1, 0.15) is 5.58 Å². The Labute approximate surface area is 181 Å². The molecule has 0 aliphatic heterocycles. The highest BCUT2D eigenvalue weighted by Crippen LogP contribution is 2.32. The number of nitrogens with one attached hydrogen (secondary N) is 1. The first kappa shape index (κ1) is 20.3. The van der Waals surface area contributed by atoms with E-state index in [2.05, 4.69) is 5.32 Å². The fourth-order valence-electron chi connectivity index (χ4n) is 3.15. The number of benzene rings is 3. The van der Waals surface area contributed by atoms with Crippen molar-refractivity contribution in [3.63, 3.8) is 0 Å². The van der Waals surface area contributed by atoms with Crippen LogP contribution in [0.1, 0.15) is 26.5 Å². The maximum atomic E-state index is 13.0. The maximum Gasteiger partial charge on any atom is 0.269 e. The number of non-ortho nitro benzene ring substituents is 1. The second-order valence-electron chi connectivity index (χ2n) is 6.72. The molecule has 1 heterocycles. The Kier molecular flexibility index (Phi) is 5.51. The molecule has 1 aromatic heterocycles. The lowest BCUT2D eigenvalue weighted by Gasteiger charge is -2.07. The van der Waals surface area contributed by atoms with Crippen molar-refractivity contribution in [3.8, 4) is 0 Å². The van der Waals surface area contributed by atoms with Crippen LogP contribution in [0.3, 0.4) is 0 Å². The Morgan fingerprint density at radius 3 is 2.26 bits per heavy atom. The van der Waals surface area contributed by atoms with Crippen LogP contribution in [0, 0.1) is 10.1 Å². The van der Waals surface area contributed by atoms with E-state index in [1.807, 2.05) is 0 Å². The molecule has 0 spiro atoms. The maximum absolute atomic E-state index is 13.0. The van der Waals surface area contributed by atoms with Gasteiger partial charge in [0.05, 0.1) is 17.2 Å². The summed E-state index contributed by atoms with van der Waals surface area (Å²) in [5.74, 6) is -0.553. The molecule has 4 rings (SSSR count). The molecule has 8 heteroatoms. The molecule has 0 saturated carbocycles. The number of ketones is 2. The summed E-state index contributed by atoms with van der Waals surface area (Å²) in [4.78, 5) is 35.9. The van der Waals surface area contributed by atoms with Crippen LogP contribution < -0.4 is 5.32 Å². The Hall–Kier alpha value is -3.97. The minimum Gasteiger partial charge on any atom is -0.450 e.